The molecule has 50 heteroatoms. The number of nitrogens with zero attached hydrogens (tertiary/aromatic N) is 15. The first-order valence-corrected chi connectivity index (χ1v) is 40.5. The van der Waals surface area contributed by atoms with Crippen LogP contribution >= 0.6 is 46.4 Å². The van der Waals surface area contributed by atoms with Gasteiger partial charge in [0.05, 0.1) is 63.6 Å². The predicted molar refractivity (Wildman–Crippen MR) is 445 cm³/mol. The Hall–Kier alpha value is -12.1. The highest BCUT2D eigenvalue weighted by molar-refractivity contribution is 6.32. The maximum atomic E-state index is 14.9. The van der Waals surface area contributed by atoms with Crippen molar-refractivity contribution in [3.05, 3.63) is 155 Å². The van der Waals surface area contributed by atoms with Crippen molar-refractivity contribution >= 4 is 137 Å². The van der Waals surface area contributed by atoms with Gasteiger partial charge in [-0.05, 0) is 57.5 Å². The summed E-state index contributed by atoms with van der Waals surface area (Å²) in [6.07, 6.45) is -0.936. The number of nitrogens with one attached hydrogen (secondary N) is 9. The Morgan fingerprint density at radius 2 is 0.791 bits per heavy atom. The third-order valence-corrected chi connectivity index (χ3v) is 20.8. The number of anilines is 4. The van der Waals surface area contributed by atoms with Crippen molar-refractivity contribution in [3.63, 3.8) is 0 Å². The van der Waals surface area contributed by atoms with Crippen molar-refractivity contribution in [2.45, 2.75) is 120 Å². The van der Waals surface area contributed by atoms with Crippen molar-refractivity contribution in [2.75, 3.05) is 85.7 Å². The van der Waals surface area contributed by atoms with Crippen LogP contribution in [0.1, 0.15) is 53.4 Å². The second kappa shape index (κ2) is 40.7. The highest BCUT2D eigenvalue weighted by Gasteiger charge is 2.45. The molecule has 12 aromatic rings. The first-order valence-electron chi connectivity index (χ1n) is 38.9. The van der Waals surface area contributed by atoms with E-state index in [1.807, 2.05) is 22.9 Å². The number of H-pyrrole nitrogens is 4. The monoisotopic (exact) mass is 1900 g/mol. The van der Waals surface area contributed by atoms with Crippen LogP contribution in [0.2, 0.25) is 20.1 Å². The number of hydrogen-bond donors (Lipinski definition) is 9. The SMILES string of the molecule is C=CCOC1C[C@@H](C(=O)NCC(F)(F)F)N(c2nc(-c3c[nH]c4ncc(Cl)cc34)ncc2F)C1.CCOC1C[C@@H](C(=O)NCC(F)(F)F)N(c2ccnc(-c3c[nH]c4ncc(Cl)cc34)n2)C1.CCOC1C[C@@H](C(=O)NCC(F)(F)F)N(c2nc(-c3c[nH]c4ncc(Cl)cc34)ncc2F)C1.CC[C@](C)(Nc1nc(-c2c[nH]c3ncc(Cl)cc23)ncc1F)C(=O)NCC(F)(F)F. The Morgan fingerprint density at radius 1 is 0.457 bits per heavy atom. The van der Waals surface area contributed by atoms with E-state index in [4.69, 9.17) is 60.6 Å². The van der Waals surface area contributed by atoms with Gasteiger partial charge in [0.15, 0.2) is 58.2 Å². The van der Waals surface area contributed by atoms with Crippen LogP contribution < -0.4 is 41.3 Å². The average Bonchev–Trinajstić information content (AvgIpc) is 1.70. The van der Waals surface area contributed by atoms with Gasteiger partial charge in [-0.2, -0.15) is 52.7 Å². The average molecular weight is 1900 g/mol. The molecule has 0 saturated carbocycles. The molecule has 15 rings (SSSR count). The van der Waals surface area contributed by atoms with Gasteiger partial charge in [-0.25, -0.2) is 73.0 Å². The van der Waals surface area contributed by atoms with Crippen LogP contribution in [0.25, 0.3) is 89.7 Å². The Labute approximate surface area is 740 Å². The molecule has 0 bridgehead atoms. The molecule has 3 unspecified atom stereocenters. The van der Waals surface area contributed by atoms with Crippen LogP contribution in [-0.2, 0) is 33.4 Å². The van der Waals surface area contributed by atoms with E-state index in [1.54, 1.807) is 79.2 Å². The van der Waals surface area contributed by atoms with E-state index in [0.717, 1.165) is 24.0 Å². The highest BCUT2D eigenvalue weighted by atomic mass is 35.5. The zero-order chi connectivity index (χ0) is 93.2. The number of rotatable bonds is 25. The van der Waals surface area contributed by atoms with E-state index in [2.05, 4.69) is 91.6 Å². The highest BCUT2D eigenvalue weighted by Crippen LogP contribution is 2.39. The van der Waals surface area contributed by atoms with Crippen molar-refractivity contribution in [2.24, 2.45) is 0 Å². The van der Waals surface area contributed by atoms with Gasteiger partial charge in [-0.3, -0.25) is 19.2 Å². The molecule has 3 fully saturated rings. The molecule has 686 valence electrons. The molecule has 3 saturated heterocycles. The van der Waals surface area contributed by atoms with Crippen LogP contribution in [0.5, 0.6) is 0 Å². The minimum atomic E-state index is -4.59. The fraction of sp³-hybridized carbons (Fsp3) is 0.367. The molecule has 7 atom stereocenters. The zero-order valence-electron chi connectivity index (χ0n) is 67.7. The van der Waals surface area contributed by atoms with Gasteiger partial charge >= 0.3 is 24.7 Å². The van der Waals surface area contributed by atoms with Crippen molar-refractivity contribution in [3.8, 4) is 45.6 Å². The van der Waals surface area contributed by atoms with Gasteiger partial charge in [0.2, 0.25) is 23.6 Å². The molecule has 31 nitrogen and oxygen atoms in total. The summed E-state index contributed by atoms with van der Waals surface area (Å²) in [5.74, 6) is -5.60. The molecular formula is C79H75Cl4F15N24O7. The summed E-state index contributed by atoms with van der Waals surface area (Å²) in [6.45, 7) is 5.51. The number of aromatic amines is 4. The third kappa shape index (κ3) is 24.3. The van der Waals surface area contributed by atoms with Crippen molar-refractivity contribution in [1.82, 2.24) is 101 Å². The molecule has 3 aliphatic heterocycles. The Morgan fingerprint density at radius 3 is 1.15 bits per heavy atom. The standard InChI is InChI=1S/C21H19ClF4N6O2.C20H19ClF4N6O2.C20H20ClF3N6O2.C18H17ClF4N6O/c1-2-3-34-12-5-16(20(33)30-10-21(24,25)26)32(9-12)19-15(23)8-29-18(31-19)14-7-28-17-13(14)4-11(22)6-27-17;1-2-33-11-4-15(19(32)29-9-20(23,24)25)31(8-11)18-14(22)7-28-17(30-18)13-6-27-16-12(13)3-10(21)5-26-16;1-2-32-12-6-15(19(31)28-10-20(22,23)24)30(9-12)16-3-4-25-18(29-16)14-8-27-17-13(14)5-11(21)7-26-17;1-3-17(2,16(30)27-8-18(21,22)23)29-15-12(20)7-26-14(28-15)11-6-25-13-10(11)4-9(19)5-24-13/h2,4,6-8,12,16H,1,3,5,9-10H2,(H,27,28)(H,30,33);3,5-7,11,15H,2,4,8-9H2,1H3,(H,26,27)(H,29,32);3-5,7-8,12,15H,2,6,9-10H2,1H3,(H,26,27)(H,28,31);4-7H,3,8H2,1-2H3,(H,24,25)(H,27,30)(H,26,28,29)/t12?,16-;11?,15-;12?,15-;17-/m0000/s1. The topological polar surface area (TPSA) is 384 Å². The largest absolute Gasteiger partial charge is 0.405 e. The number of halogens is 19. The number of pyridine rings is 4. The van der Waals surface area contributed by atoms with Crippen molar-refractivity contribution < 1.29 is 99.2 Å². The van der Waals surface area contributed by atoms with Crippen LogP contribution in [-0.4, -0.2) is 236 Å². The first kappa shape index (κ1) is 96.0. The fourth-order valence-electron chi connectivity index (χ4n) is 14.0. The molecule has 15 heterocycles. The molecular weight excluding hydrogens is 1820 g/mol. The summed E-state index contributed by atoms with van der Waals surface area (Å²) >= 11 is 24.1. The predicted octanol–water partition coefficient (Wildman–Crippen LogP) is 14.5. The van der Waals surface area contributed by atoms with E-state index in [9.17, 15) is 85.0 Å². The van der Waals surface area contributed by atoms with E-state index >= 15 is 0 Å². The summed E-state index contributed by atoms with van der Waals surface area (Å²) in [6, 6.07) is 5.20. The van der Waals surface area contributed by atoms with Gasteiger partial charge in [-0.15, -0.1) is 6.58 Å². The molecule has 4 amide bonds. The second-order valence-corrected chi connectivity index (χ2v) is 30.8. The number of carbonyl (C=O) groups excluding carboxylic acids is 4. The van der Waals surface area contributed by atoms with E-state index in [-0.39, 0.29) is 86.4 Å². The van der Waals surface area contributed by atoms with Gasteiger partial charge in [0.1, 0.15) is 78.3 Å². The number of ether oxygens (including phenoxy) is 3. The Kier molecular flexibility index (Phi) is 30.3. The lowest BCUT2D eigenvalue weighted by Gasteiger charge is -2.29. The van der Waals surface area contributed by atoms with Gasteiger partial charge in [0.25, 0.3) is 0 Å². The quantitative estimate of drug-likeness (QED) is 0.0189. The first-order chi connectivity index (χ1) is 61.1. The number of aromatic nitrogens is 16. The van der Waals surface area contributed by atoms with Gasteiger partial charge < -0.3 is 75.4 Å². The maximum absolute atomic E-state index is 14.9. The molecule has 0 spiro atoms. The molecule has 0 aromatic carbocycles. The van der Waals surface area contributed by atoms with E-state index < -0.39 is 128 Å². The molecule has 9 N–H and O–H groups in total. The van der Waals surface area contributed by atoms with E-state index in [0.29, 0.717) is 112 Å². The van der Waals surface area contributed by atoms with Crippen LogP contribution in [0, 0.1) is 17.5 Å². The summed E-state index contributed by atoms with van der Waals surface area (Å²) in [5, 5.41) is 14.2. The summed E-state index contributed by atoms with van der Waals surface area (Å²) in [7, 11) is 0. The van der Waals surface area contributed by atoms with Gasteiger partial charge in [0, 0.05) is 152 Å². The Balaban J connectivity index is 0.000000156. The second-order valence-electron chi connectivity index (χ2n) is 29.1. The number of hydrogen-bond acceptors (Lipinski definition) is 23. The maximum Gasteiger partial charge on any atom is 0.405 e. The molecule has 3 aliphatic rings. The third-order valence-electron chi connectivity index (χ3n) is 20.0. The molecule has 0 radical (unpaired) electrons. The normalized spacial score (nSPS) is 17.6. The lowest BCUT2D eigenvalue weighted by molar-refractivity contribution is -0.140. The number of fused-ring (bicyclic) bond motifs is 4. The smallest absolute Gasteiger partial charge is 0.377 e. The molecule has 12 aromatic heterocycles. The fourth-order valence-corrected chi connectivity index (χ4v) is 14.6. The summed E-state index contributed by atoms with van der Waals surface area (Å²) in [4.78, 5) is 117. The Bertz CT molecular complexity index is 6030. The van der Waals surface area contributed by atoms with Crippen molar-refractivity contribution in [1.29, 1.82) is 0 Å². The minimum absolute atomic E-state index is 0.0343. The summed E-state index contributed by atoms with van der Waals surface area (Å²) in [5.41, 5.74) is 2.76. The van der Waals surface area contributed by atoms with Crippen LogP contribution in [0.3, 0.4) is 0 Å². The van der Waals surface area contributed by atoms with Gasteiger partial charge in [-0.1, -0.05) is 59.4 Å². The summed E-state index contributed by atoms with van der Waals surface area (Å²) < 4.78 is 212. The van der Waals surface area contributed by atoms with E-state index in [1.165, 1.54) is 53.8 Å². The lowest BCUT2D eigenvalue weighted by atomic mass is 9.97. The van der Waals surface area contributed by atoms with Crippen LogP contribution in [0.4, 0.5) is 89.1 Å². The lowest BCUT2D eigenvalue weighted by Crippen LogP contribution is -2.52. The number of alkyl halides is 12. The molecule has 129 heavy (non-hydrogen) atoms. The molecule has 0 aliphatic carbocycles. The number of carbonyl (C=O) groups is 4. The minimum Gasteiger partial charge on any atom is -0.377 e. The number of amides is 4. The zero-order valence-corrected chi connectivity index (χ0v) is 70.7. The van der Waals surface area contributed by atoms with Crippen LogP contribution in [0.15, 0.2) is 117 Å².